The summed E-state index contributed by atoms with van der Waals surface area (Å²) in [5.74, 6) is 0.301. The average molecular weight is 355 g/mol. The van der Waals surface area contributed by atoms with Crippen molar-refractivity contribution in [3.05, 3.63) is 63.7 Å². The summed E-state index contributed by atoms with van der Waals surface area (Å²) in [6, 6.07) is 10.6. The highest BCUT2D eigenvalue weighted by Crippen LogP contribution is 2.19. The van der Waals surface area contributed by atoms with E-state index in [1.807, 2.05) is 11.4 Å². The average Bonchev–Trinajstić information content (AvgIpc) is 3.21. The highest BCUT2D eigenvalue weighted by Gasteiger charge is 2.14. The number of hydrogen-bond donors (Lipinski definition) is 2. The van der Waals surface area contributed by atoms with E-state index in [-0.39, 0.29) is 18.2 Å². The lowest BCUT2D eigenvalue weighted by Gasteiger charge is -2.08. The highest BCUT2D eigenvalue weighted by atomic mass is 32.1. The second-order valence-corrected chi connectivity index (χ2v) is 6.49. The van der Waals surface area contributed by atoms with Crippen LogP contribution in [0.1, 0.15) is 26.7 Å². The van der Waals surface area contributed by atoms with Gasteiger partial charge in [-0.2, -0.15) is 0 Å². The molecule has 3 aromatic rings. The molecular weight excluding hydrogens is 338 g/mol. The quantitative estimate of drug-likeness (QED) is 0.729. The number of carbonyl (C=O) groups excluding carboxylic acids is 2. The zero-order chi connectivity index (χ0) is 17.8. The molecule has 2 aromatic heterocycles. The SMILES string of the molecule is Cc1noc(C)c1CC(=O)Nc1cccc(NC(=O)c2cccs2)c1. The van der Waals surface area contributed by atoms with Crippen LogP contribution in [0, 0.1) is 13.8 Å². The summed E-state index contributed by atoms with van der Waals surface area (Å²) in [6.45, 7) is 3.59. The van der Waals surface area contributed by atoms with Crippen LogP contribution in [-0.4, -0.2) is 17.0 Å². The minimum atomic E-state index is -0.172. The maximum Gasteiger partial charge on any atom is 0.265 e. The van der Waals surface area contributed by atoms with E-state index in [1.165, 1.54) is 11.3 Å². The Labute approximate surface area is 148 Å². The van der Waals surface area contributed by atoms with Gasteiger partial charge in [0.2, 0.25) is 5.91 Å². The van der Waals surface area contributed by atoms with E-state index >= 15 is 0 Å². The maximum absolute atomic E-state index is 12.2. The maximum atomic E-state index is 12.2. The van der Waals surface area contributed by atoms with Crippen LogP contribution in [0.5, 0.6) is 0 Å². The topological polar surface area (TPSA) is 84.2 Å². The lowest BCUT2D eigenvalue weighted by atomic mass is 10.1. The Morgan fingerprint density at radius 2 is 1.88 bits per heavy atom. The van der Waals surface area contributed by atoms with Crippen LogP contribution in [0.25, 0.3) is 0 Å². The molecule has 0 aliphatic carbocycles. The molecular formula is C18H17N3O3S. The predicted molar refractivity (Wildman–Crippen MR) is 97.0 cm³/mol. The molecule has 0 saturated carbocycles. The minimum absolute atomic E-state index is 0.170. The molecule has 2 heterocycles. The second kappa shape index (κ2) is 7.31. The van der Waals surface area contributed by atoms with Crippen molar-refractivity contribution in [1.82, 2.24) is 5.16 Å². The van der Waals surface area contributed by atoms with Gasteiger partial charge in [-0.25, -0.2) is 0 Å². The summed E-state index contributed by atoms with van der Waals surface area (Å²) in [4.78, 5) is 25.0. The normalized spacial score (nSPS) is 10.5. The molecule has 0 aliphatic rings. The zero-order valence-corrected chi connectivity index (χ0v) is 14.6. The third-order valence-electron chi connectivity index (χ3n) is 3.67. The van der Waals surface area contributed by atoms with E-state index in [0.717, 1.165) is 5.56 Å². The summed E-state index contributed by atoms with van der Waals surface area (Å²) >= 11 is 1.37. The van der Waals surface area contributed by atoms with Gasteiger partial charge >= 0.3 is 0 Å². The van der Waals surface area contributed by atoms with Crippen molar-refractivity contribution in [2.24, 2.45) is 0 Å². The fourth-order valence-electron chi connectivity index (χ4n) is 2.40. The molecule has 0 unspecified atom stereocenters. The van der Waals surface area contributed by atoms with Crippen LogP contribution >= 0.6 is 11.3 Å². The molecule has 0 fully saturated rings. The molecule has 0 aliphatic heterocycles. The molecule has 0 bridgehead atoms. The van der Waals surface area contributed by atoms with Crippen LogP contribution in [0.4, 0.5) is 11.4 Å². The standard InChI is InChI=1S/C18H17N3O3S/c1-11-15(12(2)24-21-11)10-17(22)19-13-5-3-6-14(9-13)20-18(23)16-7-4-8-25-16/h3-9H,10H2,1-2H3,(H,19,22)(H,20,23). The van der Waals surface area contributed by atoms with Crippen LogP contribution in [0.15, 0.2) is 46.3 Å². The Balaban J connectivity index is 1.65. The van der Waals surface area contributed by atoms with Gasteiger partial charge in [0.25, 0.3) is 5.91 Å². The van der Waals surface area contributed by atoms with E-state index < -0.39 is 0 Å². The lowest BCUT2D eigenvalue weighted by Crippen LogP contribution is -2.15. The Morgan fingerprint density at radius 3 is 2.52 bits per heavy atom. The number of carbonyl (C=O) groups is 2. The van der Waals surface area contributed by atoms with Crippen LogP contribution < -0.4 is 10.6 Å². The number of nitrogens with one attached hydrogen (secondary N) is 2. The van der Waals surface area contributed by atoms with Crippen LogP contribution in [0.3, 0.4) is 0 Å². The summed E-state index contributed by atoms with van der Waals surface area (Å²) in [6.07, 6.45) is 0.187. The summed E-state index contributed by atoms with van der Waals surface area (Å²) in [5, 5.41) is 11.3. The molecule has 6 nitrogen and oxygen atoms in total. The predicted octanol–water partition coefficient (Wildman–Crippen LogP) is 3.79. The first-order valence-corrected chi connectivity index (χ1v) is 8.57. The van der Waals surface area contributed by atoms with Crippen molar-refractivity contribution in [2.75, 3.05) is 10.6 Å². The Morgan fingerprint density at radius 1 is 1.12 bits per heavy atom. The third-order valence-corrected chi connectivity index (χ3v) is 4.54. The van der Waals surface area contributed by atoms with Gasteiger partial charge in [-0.3, -0.25) is 9.59 Å². The number of amides is 2. The van der Waals surface area contributed by atoms with Crippen molar-refractivity contribution in [3.8, 4) is 0 Å². The van der Waals surface area contributed by atoms with Gasteiger partial charge in [-0.05, 0) is 43.5 Å². The van der Waals surface area contributed by atoms with Crippen molar-refractivity contribution < 1.29 is 14.1 Å². The van der Waals surface area contributed by atoms with E-state index in [0.29, 0.717) is 27.7 Å². The van der Waals surface area contributed by atoms with Crippen LogP contribution in [0.2, 0.25) is 0 Å². The monoisotopic (exact) mass is 355 g/mol. The van der Waals surface area contributed by atoms with E-state index in [4.69, 9.17) is 4.52 Å². The number of rotatable bonds is 5. The van der Waals surface area contributed by atoms with Crippen molar-refractivity contribution in [3.63, 3.8) is 0 Å². The summed E-state index contributed by atoms with van der Waals surface area (Å²) < 4.78 is 5.07. The molecule has 1 aromatic carbocycles. The Kier molecular flexibility index (Phi) is 4.95. The Hall–Kier alpha value is -2.93. The molecule has 7 heteroatoms. The molecule has 2 N–H and O–H groups in total. The van der Waals surface area contributed by atoms with Gasteiger partial charge in [0.05, 0.1) is 17.0 Å². The first-order valence-electron chi connectivity index (χ1n) is 7.69. The van der Waals surface area contributed by atoms with E-state index in [9.17, 15) is 9.59 Å². The number of anilines is 2. The van der Waals surface area contributed by atoms with Gasteiger partial charge in [-0.1, -0.05) is 17.3 Å². The van der Waals surface area contributed by atoms with E-state index in [2.05, 4.69) is 15.8 Å². The number of benzene rings is 1. The lowest BCUT2D eigenvalue weighted by molar-refractivity contribution is -0.115. The molecule has 0 saturated heterocycles. The largest absolute Gasteiger partial charge is 0.361 e. The molecule has 2 amide bonds. The van der Waals surface area contributed by atoms with Crippen molar-refractivity contribution in [2.45, 2.75) is 20.3 Å². The summed E-state index contributed by atoms with van der Waals surface area (Å²) in [5.41, 5.74) is 2.73. The number of nitrogens with zero attached hydrogens (tertiary/aromatic N) is 1. The number of hydrogen-bond acceptors (Lipinski definition) is 5. The molecule has 0 atom stereocenters. The van der Waals surface area contributed by atoms with Crippen molar-refractivity contribution >= 4 is 34.5 Å². The molecule has 0 spiro atoms. The minimum Gasteiger partial charge on any atom is -0.361 e. The van der Waals surface area contributed by atoms with Crippen LogP contribution in [-0.2, 0) is 11.2 Å². The number of aryl methyl sites for hydroxylation is 2. The second-order valence-electron chi connectivity index (χ2n) is 5.54. The summed E-state index contributed by atoms with van der Waals surface area (Å²) in [7, 11) is 0. The smallest absolute Gasteiger partial charge is 0.265 e. The molecule has 0 radical (unpaired) electrons. The Bertz CT molecular complexity index is 881. The van der Waals surface area contributed by atoms with Gasteiger partial charge in [0, 0.05) is 16.9 Å². The highest BCUT2D eigenvalue weighted by molar-refractivity contribution is 7.12. The fraction of sp³-hybridized carbons (Fsp3) is 0.167. The van der Waals surface area contributed by atoms with Gasteiger partial charge in [-0.15, -0.1) is 11.3 Å². The molecule has 25 heavy (non-hydrogen) atoms. The number of thiophene rings is 1. The third kappa shape index (κ3) is 4.13. The van der Waals surface area contributed by atoms with Gasteiger partial charge < -0.3 is 15.2 Å². The van der Waals surface area contributed by atoms with Crippen molar-refractivity contribution in [1.29, 1.82) is 0 Å². The van der Waals surface area contributed by atoms with E-state index in [1.54, 1.807) is 44.2 Å². The van der Waals surface area contributed by atoms with Gasteiger partial charge in [0.15, 0.2) is 0 Å². The first-order chi connectivity index (χ1) is 12.0. The molecule has 128 valence electrons. The number of aromatic nitrogens is 1. The molecule has 3 rings (SSSR count). The zero-order valence-electron chi connectivity index (χ0n) is 13.8. The fourth-order valence-corrected chi connectivity index (χ4v) is 3.01. The van der Waals surface area contributed by atoms with Gasteiger partial charge in [0.1, 0.15) is 5.76 Å². The first kappa shape index (κ1) is 16.9.